The molecule has 4 atom stereocenters. The van der Waals surface area contributed by atoms with Crippen molar-refractivity contribution in [3.8, 4) is 0 Å². The fraction of sp³-hybridized carbons (Fsp3) is 0.818. The van der Waals surface area contributed by atoms with Crippen LogP contribution < -0.4 is 0 Å². The molecule has 0 spiro atoms. The molecule has 0 saturated carbocycles. The predicted molar refractivity (Wildman–Crippen MR) is 56.7 cm³/mol. The van der Waals surface area contributed by atoms with Gasteiger partial charge in [-0.15, -0.1) is 5.10 Å². The zero-order valence-electron chi connectivity index (χ0n) is 9.41. The normalized spacial score (nSPS) is 34.5. The molecule has 1 aromatic heterocycles. The molecule has 5 nitrogen and oxygen atoms in total. The highest BCUT2D eigenvalue weighted by Crippen LogP contribution is 2.40. The van der Waals surface area contributed by atoms with Crippen LogP contribution in [-0.2, 0) is 18.2 Å². The van der Waals surface area contributed by atoms with E-state index < -0.39 is 0 Å². The molecule has 3 heterocycles. The third kappa shape index (κ3) is 1.74. The monoisotopic (exact) mass is 223 g/mol. The quantitative estimate of drug-likeness (QED) is 0.800. The second kappa shape index (κ2) is 3.82. The van der Waals surface area contributed by atoms with Crippen molar-refractivity contribution in [2.45, 2.75) is 44.0 Å². The second-order valence-corrected chi connectivity index (χ2v) is 4.93. The second-order valence-electron chi connectivity index (χ2n) is 4.93. The zero-order chi connectivity index (χ0) is 11.1. The standard InChI is InChI=1S/C11H17N3O2/c1-14-6-7(12-13-14)4-10(15)9-5-8-2-3-11(9)16-8/h6,8-11,15H,2-5H2,1H3. The minimum atomic E-state index is -0.341. The van der Waals surface area contributed by atoms with E-state index in [-0.39, 0.29) is 12.2 Å². The Kier molecular flexibility index (Phi) is 2.44. The summed E-state index contributed by atoms with van der Waals surface area (Å²) in [6, 6.07) is 0. The number of hydrogen-bond acceptors (Lipinski definition) is 4. The van der Waals surface area contributed by atoms with E-state index in [0.29, 0.717) is 18.4 Å². The van der Waals surface area contributed by atoms with Crippen molar-refractivity contribution in [3.05, 3.63) is 11.9 Å². The van der Waals surface area contributed by atoms with Gasteiger partial charge in [0.25, 0.3) is 0 Å². The molecule has 1 aromatic rings. The molecule has 2 bridgehead atoms. The zero-order valence-corrected chi connectivity index (χ0v) is 9.41. The number of fused-ring (bicyclic) bond motifs is 2. The van der Waals surface area contributed by atoms with Gasteiger partial charge in [0, 0.05) is 25.6 Å². The van der Waals surface area contributed by atoms with Crippen LogP contribution in [0.3, 0.4) is 0 Å². The number of ether oxygens (including phenoxy) is 1. The number of nitrogens with zero attached hydrogens (tertiary/aromatic N) is 3. The average molecular weight is 223 g/mol. The van der Waals surface area contributed by atoms with Gasteiger partial charge in [0.15, 0.2) is 0 Å². The maximum atomic E-state index is 10.2. The lowest BCUT2D eigenvalue weighted by molar-refractivity contribution is 0.0427. The molecule has 4 unspecified atom stereocenters. The van der Waals surface area contributed by atoms with Gasteiger partial charge in [-0.2, -0.15) is 0 Å². The molecule has 0 radical (unpaired) electrons. The third-order valence-corrected chi connectivity index (χ3v) is 3.72. The minimum absolute atomic E-state index is 0.275. The highest BCUT2D eigenvalue weighted by molar-refractivity contribution is 4.99. The first-order chi connectivity index (χ1) is 7.72. The number of aliphatic hydroxyl groups excluding tert-OH is 1. The van der Waals surface area contributed by atoms with Gasteiger partial charge in [-0.05, 0) is 19.3 Å². The summed E-state index contributed by atoms with van der Waals surface area (Å²) in [4.78, 5) is 0. The Morgan fingerprint density at radius 3 is 3.06 bits per heavy atom. The number of aliphatic hydroxyl groups is 1. The molecular weight excluding hydrogens is 206 g/mol. The first-order valence-electron chi connectivity index (χ1n) is 5.91. The number of hydrogen-bond donors (Lipinski definition) is 1. The fourth-order valence-corrected chi connectivity index (χ4v) is 2.94. The molecule has 2 fully saturated rings. The SMILES string of the molecule is Cn1cc(CC(O)C2CC3CCC2O3)nn1. The van der Waals surface area contributed by atoms with Crippen LogP contribution in [0.5, 0.6) is 0 Å². The van der Waals surface area contributed by atoms with Gasteiger partial charge in [0.05, 0.1) is 24.0 Å². The Hall–Kier alpha value is -0.940. The van der Waals surface area contributed by atoms with E-state index in [1.54, 1.807) is 4.68 Å². The third-order valence-electron chi connectivity index (χ3n) is 3.72. The van der Waals surface area contributed by atoms with Crippen LogP contribution >= 0.6 is 0 Å². The summed E-state index contributed by atoms with van der Waals surface area (Å²) in [6.07, 6.45) is 6.05. The van der Waals surface area contributed by atoms with Crippen LogP contribution in [0.1, 0.15) is 25.0 Å². The molecule has 2 aliphatic heterocycles. The summed E-state index contributed by atoms with van der Waals surface area (Å²) < 4.78 is 7.41. The topological polar surface area (TPSA) is 60.2 Å². The Morgan fingerprint density at radius 1 is 1.62 bits per heavy atom. The van der Waals surface area contributed by atoms with Crippen molar-refractivity contribution < 1.29 is 9.84 Å². The van der Waals surface area contributed by atoms with Crippen molar-refractivity contribution in [2.75, 3.05) is 0 Å². The number of aromatic nitrogens is 3. The van der Waals surface area contributed by atoms with Crippen molar-refractivity contribution in [1.29, 1.82) is 0 Å². The lowest BCUT2D eigenvalue weighted by atomic mass is 9.84. The molecular formula is C11H17N3O2. The molecule has 3 rings (SSSR count). The molecule has 1 N–H and O–H groups in total. The van der Waals surface area contributed by atoms with E-state index in [9.17, 15) is 5.11 Å². The van der Waals surface area contributed by atoms with Crippen molar-refractivity contribution in [2.24, 2.45) is 13.0 Å². The van der Waals surface area contributed by atoms with Crippen molar-refractivity contribution in [1.82, 2.24) is 15.0 Å². The first-order valence-corrected chi connectivity index (χ1v) is 5.91. The van der Waals surface area contributed by atoms with Crippen molar-refractivity contribution >= 4 is 0 Å². The van der Waals surface area contributed by atoms with Crippen LogP contribution in [0, 0.1) is 5.92 Å². The Balaban J connectivity index is 1.63. The first kappa shape index (κ1) is 10.2. The molecule has 88 valence electrons. The fourth-order valence-electron chi connectivity index (χ4n) is 2.94. The van der Waals surface area contributed by atoms with Crippen LogP contribution in [0.15, 0.2) is 6.20 Å². The Morgan fingerprint density at radius 2 is 2.50 bits per heavy atom. The summed E-state index contributed by atoms with van der Waals surface area (Å²) in [7, 11) is 1.84. The summed E-state index contributed by atoms with van der Waals surface area (Å²) in [5.74, 6) is 0.292. The maximum absolute atomic E-state index is 10.2. The van der Waals surface area contributed by atoms with Gasteiger partial charge >= 0.3 is 0 Å². The van der Waals surface area contributed by atoms with E-state index in [0.717, 1.165) is 18.5 Å². The minimum Gasteiger partial charge on any atom is -0.392 e. The Bertz CT molecular complexity index is 379. The van der Waals surface area contributed by atoms with Crippen molar-refractivity contribution in [3.63, 3.8) is 0 Å². The van der Waals surface area contributed by atoms with E-state index in [4.69, 9.17) is 4.74 Å². The molecule has 16 heavy (non-hydrogen) atoms. The van der Waals surface area contributed by atoms with Crippen LogP contribution in [0.4, 0.5) is 0 Å². The van der Waals surface area contributed by atoms with Gasteiger partial charge in [-0.1, -0.05) is 5.21 Å². The van der Waals surface area contributed by atoms with E-state index in [1.165, 1.54) is 6.42 Å². The van der Waals surface area contributed by atoms with Crippen LogP contribution in [0.25, 0.3) is 0 Å². The number of aryl methyl sites for hydroxylation is 1. The van der Waals surface area contributed by atoms with E-state index in [1.807, 2.05) is 13.2 Å². The van der Waals surface area contributed by atoms with E-state index >= 15 is 0 Å². The average Bonchev–Trinajstić information content (AvgIpc) is 2.93. The van der Waals surface area contributed by atoms with Crippen LogP contribution in [0.2, 0.25) is 0 Å². The highest BCUT2D eigenvalue weighted by atomic mass is 16.5. The molecule has 0 aromatic carbocycles. The molecule has 0 aliphatic carbocycles. The summed E-state index contributed by atoms with van der Waals surface area (Å²) >= 11 is 0. The molecule has 2 aliphatic rings. The predicted octanol–water partition coefficient (Wildman–Crippen LogP) is 0.286. The summed E-state index contributed by atoms with van der Waals surface area (Å²) in [5, 5.41) is 18.0. The van der Waals surface area contributed by atoms with Gasteiger partial charge in [0.1, 0.15) is 0 Å². The van der Waals surface area contributed by atoms with Gasteiger partial charge in [-0.25, -0.2) is 0 Å². The smallest absolute Gasteiger partial charge is 0.0852 e. The van der Waals surface area contributed by atoms with Gasteiger partial charge in [0.2, 0.25) is 0 Å². The molecule has 2 saturated heterocycles. The molecule has 0 amide bonds. The highest BCUT2D eigenvalue weighted by Gasteiger charge is 2.43. The molecule has 5 heteroatoms. The maximum Gasteiger partial charge on any atom is 0.0852 e. The largest absolute Gasteiger partial charge is 0.392 e. The number of rotatable bonds is 3. The summed E-state index contributed by atoms with van der Waals surface area (Å²) in [5.41, 5.74) is 0.859. The van der Waals surface area contributed by atoms with E-state index in [2.05, 4.69) is 10.3 Å². The Labute approximate surface area is 94.4 Å². The van der Waals surface area contributed by atoms with Gasteiger partial charge in [-0.3, -0.25) is 4.68 Å². The van der Waals surface area contributed by atoms with Crippen LogP contribution in [-0.4, -0.2) is 38.4 Å². The lowest BCUT2D eigenvalue weighted by Gasteiger charge is -2.23. The summed E-state index contributed by atoms with van der Waals surface area (Å²) in [6.45, 7) is 0. The lowest BCUT2D eigenvalue weighted by Crippen LogP contribution is -2.31. The van der Waals surface area contributed by atoms with Gasteiger partial charge < -0.3 is 9.84 Å².